The van der Waals surface area contributed by atoms with Gasteiger partial charge in [0.2, 0.25) is 5.91 Å². The standard InChI is InChI=1S/C15H28N2O2/c1-6-19-9-12(10(2)3)17-13(11(4)5)16-15(7-8-15)14(17)18/h10-13,16H,6-9H2,1-5H3. The second kappa shape index (κ2) is 5.41. The van der Waals surface area contributed by atoms with E-state index in [1.807, 2.05) is 6.92 Å². The summed E-state index contributed by atoms with van der Waals surface area (Å²) in [5.41, 5.74) is -0.228. The van der Waals surface area contributed by atoms with Crippen molar-refractivity contribution in [3.63, 3.8) is 0 Å². The van der Waals surface area contributed by atoms with E-state index < -0.39 is 0 Å². The molecule has 0 aromatic heterocycles. The average molecular weight is 268 g/mol. The van der Waals surface area contributed by atoms with Crippen molar-refractivity contribution in [2.75, 3.05) is 13.2 Å². The summed E-state index contributed by atoms with van der Waals surface area (Å²) in [6.45, 7) is 12.0. The fourth-order valence-corrected chi connectivity index (χ4v) is 2.95. The van der Waals surface area contributed by atoms with E-state index in [4.69, 9.17) is 4.74 Å². The Morgan fingerprint density at radius 3 is 2.42 bits per heavy atom. The molecule has 2 fully saturated rings. The summed E-state index contributed by atoms with van der Waals surface area (Å²) in [5.74, 6) is 1.13. The summed E-state index contributed by atoms with van der Waals surface area (Å²) >= 11 is 0. The SMILES string of the molecule is CCOCC(C(C)C)N1C(=O)C2(CC2)NC1C(C)C. The van der Waals surface area contributed by atoms with Gasteiger partial charge in [0.05, 0.1) is 24.4 Å². The molecule has 19 heavy (non-hydrogen) atoms. The van der Waals surface area contributed by atoms with Gasteiger partial charge in [-0.25, -0.2) is 0 Å². The van der Waals surface area contributed by atoms with Crippen LogP contribution in [0.25, 0.3) is 0 Å². The molecule has 2 atom stereocenters. The van der Waals surface area contributed by atoms with Gasteiger partial charge in [-0.2, -0.15) is 0 Å². The monoisotopic (exact) mass is 268 g/mol. The first-order chi connectivity index (χ1) is 8.93. The number of amides is 1. The van der Waals surface area contributed by atoms with Crippen LogP contribution in [0.4, 0.5) is 0 Å². The zero-order valence-electron chi connectivity index (χ0n) is 12.9. The van der Waals surface area contributed by atoms with Crippen molar-refractivity contribution in [2.24, 2.45) is 11.8 Å². The Labute approximate surface area is 116 Å². The minimum absolute atomic E-state index is 0.155. The van der Waals surface area contributed by atoms with E-state index in [1.165, 1.54) is 0 Å². The highest BCUT2D eigenvalue weighted by atomic mass is 16.5. The van der Waals surface area contributed by atoms with Gasteiger partial charge in [0.15, 0.2) is 0 Å². The van der Waals surface area contributed by atoms with Crippen LogP contribution >= 0.6 is 0 Å². The summed E-state index contributed by atoms with van der Waals surface area (Å²) in [5, 5.41) is 3.57. The Balaban J connectivity index is 2.19. The smallest absolute Gasteiger partial charge is 0.244 e. The number of nitrogens with one attached hydrogen (secondary N) is 1. The average Bonchev–Trinajstić information content (AvgIpc) is 3.06. The van der Waals surface area contributed by atoms with E-state index in [0.29, 0.717) is 31.0 Å². The highest BCUT2D eigenvalue weighted by molar-refractivity contribution is 5.92. The minimum Gasteiger partial charge on any atom is -0.380 e. The number of carbonyl (C=O) groups excluding carboxylic acids is 1. The van der Waals surface area contributed by atoms with E-state index in [1.54, 1.807) is 0 Å². The molecule has 110 valence electrons. The summed E-state index contributed by atoms with van der Waals surface area (Å²) in [6, 6.07) is 0.173. The first kappa shape index (κ1) is 14.8. The van der Waals surface area contributed by atoms with Crippen molar-refractivity contribution < 1.29 is 9.53 Å². The van der Waals surface area contributed by atoms with Gasteiger partial charge in [-0.15, -0.1) is 0 Å². The van der Waals surface area contributed by atoms with Crippen LogP contribution < -0.4 is 5.32 Å². The first-order valence-electron chi connectivity index (χ1n) is 7.61. The van der Waals surface area contributed by atoms with Crippen molar-refractivity contribution in [3.8, 4) is 0 Å². The lowest BCUT2D eigenvalue weighted by molar-refractivity contribution is -0.136. The summed E-state index contributed by atoms with van der Waals surface area (Å²) in [4.78, 5) is 14.8. The summed E-state index contributed by atoms with van der Waals surface area (Å²) in [7, 11) is 0. The number of hydrogen-bond acceptors (Lipinski definition) is 3. The molecule has 4 heteroatoms. The Morgan fingerprint density at radius 2 is 2.00 bits per heavy atom. The second-order valence-corrected chi connectivity index (χ2v) is 6.60. The molecule has 2 rings (SSSR count). The van der Waals surface area contributed by atoms with E-state index in [9.17, 15) is 4.79 Å². The van der Waals surface area contributed by atoms with Crippen LogP contribution in [0.15, 0.2) is 0 Å². The molecule has 1 aliphatic carbocycles. The molecule has 1 aliphatic heterocycles. The molecule has 0 radical (unpaired) electrons. The lowest BCUT2D eigenvalue weighted by atomic mass is 10.0. The number of hydrogen-bond donors (Lipinski definition) is 1. The van der Waals surface area contributed by atoms with Crippen LogP contribution in [0.2, 0.25) is 0 Å². The van der Waals surface area contributed by atoms with Gasteiger partial charge >= 0.3 is 0 Å². The van der Waals surface area contributed by atoms with Crippen LogP contribution in [-0.2, 0) is 9.53 Å². The summed E-state index contributed by atoms with van der Waals surface area (Å²) in [6.07, 6.45) is 2.14. The van der Waals surface area contributed by atoms with Gasteiger partial charge < -0.3 is 9.64 Å². The quantitative estimate of drug-likeness (QED) is 0.801. The topological polar surface area (TPSA) is 41.6 Å². The Kier molecular flexibility index (Phi) is 4.21. The molecule has 2 aliphatic rings. The fourth-order valence-electron chi connectivity index (χ4n) is 2.95. The molecule has 1 saturated carbocycles. The van der Waals surface area contributed by atoms with Crippen LogP contribution in [0, 0.1) is 11.8 Å². The van der Waals surface area contributed by atoms with E-state index in [2.05, 4.69) is 37.9 Å². The largest absolute Gasteiger partial charge is 0.380 e. The van der Waals surface area contributed by atoms with Crippen LogP contribution in [0.3, 0.4) is 0 Å². The highest BCUT2D eigenvalue weighted by Gasteiger charge is 2.60. The molecular formula is C15H28N2O2. The third-order valence-electron chi connectivity index (χ3n) is 4.37. The Morgan fingerprint density at radius 1 is 1.37 bits per heavy atom. The van der Waals surface area contributed by atoms with Gasteiger partial charge in [-0.3, -0.25) is 10.1 Å². The van der Waals surface area contributed by atoms with Crippen molar-refractivity contribution in [3.05, 3.63) is 0 Å². The maximum absolute atomic E-state index is 12.7. The second-order valence-electron chi connectivity index (χ2n) is 6.60. The van der Waals surface area contributed by atoms with Gasteiger partial charge in [0, 0.05) is 6.61 Å². The molecule has 1 amide bonds. The van der Waals surface area contributed by atoms with Crippen molar-refractivity contribution in [1.29, 1.82) is 0 Å². The van der Waals surface area contributed by atoms with E-state index >= 15 is 0 Å². The van der Waals surface area contributed by atoms with Crippen LogP contribution in [0.5, 0.6) is 0 Å². The predicted molar refractivity (Wildman–Crippen MR) is 75.7 cm³/mol. The van der Waals surface area contributed by atoms with Gasteiger partial charge in [-0.05, 0) is 31.6 Å². The van der Waals surface area contributed by atoms with E-state index in [0.717, 1.165) is 12.8 Å². The molecule has 0 aromatic carbocycles. The lowest BCUT2D eigenvalue weighted by Gasteiger charge is -2.36. The number of ether oxygens (including phenoxy) is 1. The molecule has 4 nitrogen and oxygen atoms in total. The molecule has 0 bridgehead atoms. The van der Waals surface area contributed by atoms with Gasteiger partial charge in [0.25, 0.3) is 0 Å². The zero-order chi connectivity index (χ0) is 14.2. The predicted octanol–water partition coefficient (Wildman–Crippen LogP) is 1.99. The minimum atomic E-state index is -0.228. The maximum atomic E-state index is 12.7. The van der Waals surface area contributed by atoms with Crippen molar-refractivity contribution in [1.82, 2.24) is 10.2 Å². The van der Waals surface area contributed by atoms with Gasteiger partial charge in [0.1, 0.15) is 0 Å². The normalized spacial score (nSPS) is 26.8. The third-order valence-corrected chi connectivity index (χ3v) is 4.37. The molecule has 2 unspecified atom stereocenters. The molecular weight excluding hydrogens is 240 g/mol. The molecule has 1 heterocycles. The number of nitrogens with zero attached hydrogens (tertiary/aromatic N) is 1. The molecule has 0 aromatic rings. The Hall–Kier alpha value is -0.610. The fraction of sp³-hybridized carbons (Fsp3) is 0.933. The first-order valence-corrected chi connectivity index (χ1v) is 7.61. The van der Waals surface area contributed by atoms with Crippen LogP contribution in [-0.4, -0.2) is 41.8 Å². The van der Waals surface area contributed by atoms with E-state index in [-0.39, 0.29) is 17.7 Å². The number of rotatable bonds is 6. The van der Waals surface area contributed by atoms with Crippen molar-refractivity contribution in [2.45, 2.75) is 65.2 Å². The zero-order valence-corrected chi connectivity index (χ0v) is 12.9. The molecule has 1 spiro atoms. The summed E-state index contributed by atoms with van der Waals surface area (Å²) < 4.78 is 5.61. The van der Waals surface area contributed by atoms with Crippen LogP contribution in [0.1, 0.15) is 47.5 Å². The maximum Gasteiger partial charge on any atom is 0.244 e. The highest BCUT2D eigenvalue weighted by Crippen LogP contribution is 2.44. The molecule has 1 N–H and O–H groups in total. The molecule has 1 saturated heterocycles. The van der Waals surface area contributed by atoms with Gasteiger partial charge in [-0.1, -0.05) is 27.7 Å². The number of carbonyl (C=O) groups is 1. The van der Waals surface area contributed by atoms with Crippen molar-refractivity contribution >= 4 is 5.91 Å². The third kappa shape index (κ3) is 2.65. The Bertz CT molecular complexity index is 337. The lowest BCUT2D eigenvalue weighted by Crippen LogP contribution is -2.51.